The van der Waals surface area contributed by atoms with Gasteiger partial charge in [0, 0.05) is 32.0 Å². The van der Waals surface area contributed by atoms with E-state index in [1.807, 2.05) is 41.3 Å². The highest BCUT2D eigenvalue weighted by atomic mass is 16.5. The Labute approximate surface area is 291 Å². The van der Waals surface area contributed by atoms with Crippen LogP contribution in [0, 0.1) is 0 Å². The molecule has 1 aromatic heterocycles. The van der Waals surface area contributed by atoms with Crippen LogP contribution in [0.25, 0.3) is 10.8 Å². The van der Waals surface area contributed by atoms with E-state index < -0.39 is 36.9 Å². The number of hydrogen-bond donors (Lipinski definition) is 7. The van der Waals surface area contributed by atoms with Gasteiger partial charge in [-0.1, -0.05) is 54.6 Å². The van der Waals surface area contributed by atoms with Crippen LogP contribution in [0.15, 0.2) is 84.1 Å². The van der Waals surface area contributed by atoms with Gasteiger partial charge in [0.05, 0.1) is 12.7 Å². The maximum absolute atomic E-state index is 11.6. The number of hydrogen-bond acceptors (Lipinski definition) is 11. The number of aliphatic hydroxyl groups excluding tert-OH is 5. The van der Waals surface area contributed by atoms with Crippen LogP contribution in [0.3, 0.4) is 0 Å². The highest BCUT2D eigenvalue weighted by Crippen LogP contribution is 2.18. The number of primary amides is 1. The number of ether oxygens (including phenoxy) is 1. The molecular formula is C37H48N6O7. The van der Waals surface area contributed by atoms with Gasteiger partial charge in [0.2, 0.25) is 0 Å². The van der Waals surface area contributed by atoms with Gasteiger partial charge < -0.3 is 41.7 Å². The van der Waals surface area contributed by atoms with E-state index >= 15 is 0 Å². The minimum absolute atomic E-state index is 0.00745. The molecule has 0 bridgehead atoms. The van der Waals surface area contributed by atoms with Gasteiger partial charge in [0.15, 0.2) is 5.69 Å². The summed E-state index contributed by atoms with van der Waals surface area (Å²) in [5.41, 5.74) is 13.8. The molecule has 0 spiro atoms. The van der Waals surface area contributed by atoms with Crippen LogP contribution >= 0.6 is 0 Å². The van der Waals surface area contributed by atoms with E-state index in [-0.39, 0.29) is 23.8 Å². The van der Waals surface area contributed by atoms with Crippen molar-refractivity contribution < 1.29 is 35.1 Å². The molecular weight excluding hydrogens is 640 g/mol. The van der Waals surface area contributed by atoms with E-state index in [4.69, 9.17) is 21.3 Å². The molecule has 1 heterocycles. The van der Waals surface area contributed by atoms with E-state index in [1.165, 1.54) is 28.7 Å². The average Bonchev–Trinajstić information content (AvgIpc) is 3.13. The summed E-state index contributed by atoms with van der Waals surface area (Å²) in [5, 5.41) is 52.4. The van der Waals surface area contributed by atoms with Crippen molar-refractivity contribution in [2.75, 3.05) is 39.4 Å². The Morgan fingerprint density at radius 2 is 1.44 bits per heavy atom. The van der Waals surface area contributed by atoms with E-state index in [2.05, 4.69) is 45.3 Å². The quantitative estimate of drug-likeness (QED) is 0.0375. The molecule has 0 saturated heterocycles. The molecule has 0 aliphatic rings. The van der Waals surface area contributed by atoms with E-state index in [0.29, 0.717) is 32.0 Å². The summed E-state index contributed by atoms with van der Waals surface area (Å²) in [6, 6.07) is 22.4. The smallest absolute Gasteiger partial charge is 0.269 e. The molecule has 3 aromatic carbocycles. The van der Waals surface area contributed by atoms with Crippen molar-refractivity contribution in [3.05, 3.63) is 102 Å². The standard InChI is InChI=1S/C37H48N6O7/c38-36(32-33(37(39)49)41-18-17-40-32)42-16-4-3-6-25-11-14-29(15-12-25)50-21-20-43(23-30(45)34(47)35(48)31(46)24-44)19-5-7-26-10-13-27-8-1-2-9-28(27)22-26/h1-2,8-15,17-18,22,30-31,34-35,44-48H,3-7,16,19-21,23-24H2,(H2,38,42)(H2,39,49)/t30-,31+,34+,35+/m0/s1. The van der Waals surface area contributed by atoms with Crippen molar-refractivity contribution in [2.45, 2.75) is 56.5 Å². The number of benzene rings is 3. The molecule has 13 heteroatoms. The number of fused-ring (bicyclic) bond motifs is 1. The zero-order chi connectivity index (χ0) is 35.9. The predicted octanol–water partition coefficient (Wildman–Crippen LogP) is 1.21. The zero-order valence-electron chi connectivity index (χ0n) is 28.1. The van der Waals surface area contributed by atoms with Crippen LogP contribution in [0.5, 0.6) is 5.75 Å². The SMILES string of the molecule is NC(=O)c1nccnc1C(N)=NCCCCc1ccc(OCCN(CCCc2ccc3ccccc3c2)C[C@H](O)[C@@H](O)[C@H](O)[C@H](O)CO)cc1. The monoisotopic (exact) mass is 688 g/mol. The van der Waals surface area contributed by atoms with Gasteiger partial charge in [-0.3, -0.25) is 14.7 Å². The zero-order valence-corrected chi connectivity index (χ0v) is 28.1. The second-order valence-electron chi connectivity index (χ2n) is 12.2. The number of carbonyl (C=O) groups is 1. The lowest BCUT2D eigenvalue weighted by Gasteiger charge is -2.30. The topological polar surface area (TPSA) is 221 Å². The van der Waals surface area contributed by atoms with E-state index in [1.54, 1.807) is 0 Å². The normalized spacial score (nSPS) is 14.4. The van der Waals surface area contributed by atoms with Gasteiger partial charge in [-0.2, -0.15) is 0 Å². The molecule has 0 aliphatic heterocycles. The summed E-state index contributed by atoms with van der Waals surface area (Å²) in [7, 11) is 0. The molecule has 4 aromatic rings. The van der Waals surface area contributed by atoms with Crippen molar-refractivity contribution in [2.24, 2.45) is 16.5 Å². The lowest BCUT2D eigenvalue weighted by molar-refractivity contribution is -0.119. The molecule has 0 fully saturated rings. The molecule has 0 saturated carbocycles. The molecule has 9 N–H and O–H groups in total. The highest BCUT2D eigenvalue weighted by molar-refractivity contribution is 6.05. The summed E-state index contributed by atoms with van der Waals surface area (Å²) < 4.78 is 6.00. The van der Waals surface area contributed by atoms with Crippen LogP contribution in [-0.2, 0) is 12.8 Å². The van der Waals surface area contributed by atoms with Crippen LogP contribution in [-0.4, -0.2) is 116 Å². The minimum atomic E-state index is -1.68. The number of aromatic nitrogens is 2. The van der Waals surface area contributed by atoms with Gasteiger partial charge in [-0.15, -0.1) is 0 Å². The number of carbonyl (C=O) groups excluding carboxylic acids is 1. The van der Waals surface area contributed by atoms with Crippen molar-refractivity contribution in [1.29, 1.82) is 0 Å². The Kier molecular flexibility index (Phi) is 15.0. The number of amides is 1. The fourth-order valence-corrected chi connectivity index (χ4v) is 5.60. The summed E-state index contributed by atoms with van der Waals surface area (Å²) in [6.07, 6.45) is 0.635. The van der Waals surface area contributed by atoms with E-state index in [9.17, 15) is 25.2 Å². The lowest BCUT2D eigenvalue weighted by Crippen LogP contribution is -2.50. The number of amidine groups is 1. The molecule has 0 unspecified atom stereocenters. The lowest BCUT2D eigenvalue weighted by atomic mass is 10.0. The third kappa shape index (κ3) is 11.5. The molecule has 0 radical (unpaired) electrons. The first-order valence-electron chi connectivity index (χ1n) is 16.8. The largest absolute Gasteiger partial charge is 0.492 e. The second-order valence-corrected chi connectivity index (χ2v) is 12.2. The molecule has 13 nitrogen and oxygen atoms in total. The summed E-state index contributed by atoms with van der Waals surface area (Å²) in [6.45, 7) is 1.13. The van der Waals surface area contributed by atoms with Gasteiger partial charge in [0.25, 0.3) is 5.91 Å². The number of rotatable bonds is 21. The fraction of sp³-hybridized carbons (Fsp3) is 0.405. The van der Waals surface area contributed by atoms with Gasteiger partial charge in [-0.25, -0.2) is 9.97 Å². The van der Waals surface area contributed by atoms with Gasteiger partial charge in [0.1, 0.15) is 42.2 Å². The molecule has 268 valence electrons. The van der Waals surface area contributed by atoms with Crippen molar-refractivity contribution in [3.63, 3.8) is 0 Å². The van der Waals surface area contributed by atoms with Gasteiger partial charge in [-0.05, 0) is 72.7 Å². The van der Waals surface area contributed by atoms with Crippen LogP contribution < -0.4 is 16.2 Å². The Bertz CT molecular complexity index is 1670. The van der Waals surface area contributed by atoms with E-state index in [0.717, 1.165) is 37.7 Å². The number of unbranched alkanes of at least 4 members (excludes halogenated alkanes) is 1. The first-order valence-corrected chi connectivity index (χ1v) is 16.8. The Balaban J connectivity index is 1.25. The Morgan fingerprint density at radius 3 is 2.16 bits per heavy atom. The first-order chi connectivity index (χ1) is 24.2. The van der Waals surface area contributed by atoms with Crippen LogP contribution in [0.4, 0.5) is 0 Å². The summed E-state index contributed by atoms with van der Waals surface area (Å²) >= 11 is 0. The Morgan fingerprint density at radius 1 is 0.780 bits per heavy atom. The fourth-order valence-electron chi connectivity index (χ4n) is 5.60. The number of aryl methyl sites for hydroxylation is 2. The molecule has 50 heavy (non-hydrogen) atoms. The third-order valence-corrected chi connectivity index (χ3v) is 8.45. The molecule has 0 aliphatic carbocycles. The maximum atomic E-state index is 11.6. The van der Waals surface area contributed by atoms with Gasteiger partial charge >= 0.3 is 0 Å². The minimum Gasteiger partial charge on any atom is -0.492 e. The summed E-state index contributed by atoms with van der Waals surface area (Å²) in [4.78, 5) is 25.8. The van der Waals surface area contributed by atoms with Crippen molar-refractivity contribution in [1.82, 2.24) is 14.9 Å². The maximum Gasteiger partial charge on any atom is 0.269 e. The average molecular weight is 689 g/mol. The molecule has 4 rings (SSSR count). The molecule has 1 amide bonds. The van der Waals surface area contributed by atoms with Crippen LogP contribution in [0.1, 0.15) is 46.6 Å². The highest BCUT2D eigenvalue weighted by Gasteiger charge is 2.31. The third-order valence-electron chi connectivity index (χ3n) is 8.45. The Hall–Kier alpha value is -4.50. The number of aliphatic hydroxyl groups is 5. The first kappa shape index (κ1) is 38.3. The van der Waals surface area contributed by atoms with Crippen LogP contribution in [0.2, 0.25) is 0 Å². The van der Waals surface area contributed by atoms with Crippen molar-refractivity contribution in [3.8, 4) is 5.75 Å². The number of aliphatic imine (C=N–C) groups is 1. The second kappa shape index (κ2) is 19.6. The molecule has 4 atom stereocenters. The predicted molar refractivity (Wildman–Crippen MR) is 191 cm³/mol. The number of nitrogens with two attached hydrogens (primary N) is 2. The van der Waals surface area contributed by atoms with Crippen molar-refractivity contribution >= 4 is 22.5 Å². The summed E-state index contributed by atoms with van der Waals surface area (Å²) in [5.74, 6) is 0.106. The number of nitrogens with zero attached hydrogens (tertiary/aromatic N) is 4.